The van der Waals surface area contributed by atoms with Crippen LogP contribution in [-0.2, 0) is 6.42 Å². The van der Waals surface area contributed by atoms with E-state index in [0.29, 0.717) is 11.6 Å². The average molecular weight is 251 g/mol. The van der Waals surface area contributed by atoms with E-state index < -0.39 is 0 Å². The molecule has 0 heterocycles. The third-order valence-corrected chi connectivity index (χ3v) is 3.52. The SMILES string of the molecule is CCc1cccc(OCCC(C)(C)C(N)=S)c1. The molecule has 0 spiro atoms. The lowest BCUT2D eigenvalue weighted by Gasteiger charge is -2.22. The third kappa shape index (κ3) is 4.35. The van der Waals surface area contributed by atoms with Gasteiger partial charge in [0, 0.05) is 5.41 Å². The van der Waals surface area contributed by atoms with Crippen LogP contribution in [0.25, 0.3) is 0 Å². The fourth-order valence-electron chi connectivity index (χ4n) is 1.40. The fraction of sp³-hybridized carbons (Fsp3) is 0.500. The summed E-state index contributed by atoms with van der Waals surface area (Å²) in [6.45, 7) is 6.86. The van der Waals surface area contributed by atoms with Crippen LogP contribution in [0.1, 0.15) is 32.8 Å². The van der Waals surface area contributed by atoms with E-state index in [1.165, 1.54) is 5.56 Å². The first-order chi connectivity index (χ1) is 7.95. The van der Waals surface area contributed by atoms with Crippen LogP contribution >= 0.6 is 12.2 Å². The molecule has 1 aromatic rings. The van der Waals surface area contributed by atoms with Crippen LogP contribution in [-0.4, -0.2) is 11.6 Å². The Morgan fingerprint density at radius 2 is 2.12 bits per heavy atom. The Hall–Kier alpha value is -1.09. The monoisotopic (exact) mass is 251 g/mol. The number of aryl methyl sites for hydroxylation is 1. The van der Waals surface area contributed by atoms with Crippen LogP contribution in [0, 0.1) is 5.41 Å². The molecular formula is C14H21NOS. The molecule has 0 aliphatic heterocycles. The zero-order valence-electron chi connectivity index (χ0n) is 10.8. The van der Waals surface area contributed by atoms with Gasteiger partial charge in [-0.05, 0) is 30.5 Å². The van der Waals surface area contributed by atoms with E-state index in [1.54, 1.807) is 0 Å². The van der Waals surface area contributed by atoms with Crippen molar-refractivity contribution in [1.82, 2.24) is 0 Å². The maximum Gasteiger partial charge on any atom is 0.119 e. The minimum absolute atomic E-state index is 0.141. The number of nitrogens with two attached hydrogens (primary N) is 1. The molecule has 1 aromatic carbocycles. The molecule has 17 heavy (non-hydrogen) atoms. The first-order valence-electron chi connectivity index (χ1n) is 5.97. The van der Waals surface area contributed by atoms with Crippen molar-refractivity contribution >= 4 is 17.2 Å². The standard InChI is InChI=1S/C14H21NOS/c1-4-11-6-5-7-12(10-11)16-9-8-14(2,3)13(15)17/h5-7,10H,4,8-9H2,1-3H3,(H2,15,17). The predicted molar refractivity (Wildman–Crippen MR) is 76.5 cm³/mol. The molecule has 94 valence electrons. The number of hydrogen-bond donors (Lipinski definition) is 1. The fourth-order valence-corrected chi connectivity index (χ4v) is 1.50. The lowest BCUT2D eigenvalue weighted by Crippen LogP contribution is -2.31. The highest BCUT2D eigenvalue weighted by molar-refractivity contribution is 7.80. The Labute approximate surface area is 109 Å². The van der Waals surface area contributed by atoms with Crippen molar-refractivity contribution in [3.05, 3.63) is 29.8 Å². The Bertz CT molecular complexity index is 388. The van der Waals surface area contributed by atoms with Crippen LogP contribution in [0.3, 0.4) is 0 Å². The molecule has 1 rings (SSSR count). The molecule has 0 aliphatic carbocycles. The zero-order valence-corrected chi connectivity index (χ0v) is 11.6. The minimum Gasteiger partial charge on any atom is -0.494 e. The number of thiocarbonyl (C=S) groups is 1. The molecule has 0 bridgehead atoms. The second-order valence-corrected chi connectivity index (χ2v) is 5.29. The largest absolute Gasteiger partial charge is 0.494 e. The summed E-state index contributed by atoms with van der Waals surface area (Å²) in [5.74, 6) is 0.920. The van der Waals surface area contributed by atoms with E-state index in [-0.39, 0.29) is 5.41 Å². The van der Waals surface area contributed by atoms with Crippen molar-refractivity contribution in [3.63, 3.8) is 0 Å². The van der Waals surface area contributed by atoms with E-state index >= 15 is 0 Å². The lowest BCUT2D eigenvalue weighted by atomic mass is 9.90. The molecule has 0 fully saturated rings. The Morgan fingerprint density at radius 1 is 1.41 bits per heavy atom. The summed E-state index contributed by atoms with van der Waals surface area (Å²) in [7, 11) is 0. The quantitative estimate of drug-likeness (QED) is 0.788. The Kier molecular flexibility index (Phi) is 4.94. The summed E-state index contributed by atoms with van der Waals surface area (Å²) in [6.07, 6.45) is 1.86. The molecule has 3 heteroatoms. The highest BCUT2D eigenvalue weighted by Crippen LogP contribution is 2.21. The summed E-state index contributed by atoms with van der Waals surface area (Å²) in [6, 6.07) is 8.18. The Balaban J connectivity index is 2.48. The molecule has 0 saturated heterocycles. The van der Waals surface area contributed by atoms with Gasteiger partial charge in [0.15, 0.2) is 0 Å². The summed E-state index contributed by atoms with van der Waals surface area (Å²) in [4.78, 5) is 0.545. The smallest absolute Gasteiger partial charge is 0.119 e. The van der Waals surface area contributed by atoms with Gasteiger partial charge in [-0.2, -0.15) is 0 Å². The van der Waals surface area contributed by atoms with Crippen molar-refractivity contribution in [2.24, 2.45) is 11.1 Å². The normalized spacial score (nSPS) is 11.2. The molecule has 0 amide bonds. The van der Waals surface area contributed by atoms with Crippen LogP contribution in [0.2, 0.25) is 0 Å². The molecule has 0 radical (unpaired) electrons. The van der Waals surface area contributed by atoms with Crippen molar-refractivity contribution in [2.45, 2.75) is 33.6 Å². The van der Waals surface area contributed by atoms with Gasteiger partial charge in [-0.1, -0.05) is 45.1 Å². The summed E-state index contributed by atoms with van der Waals surface area (Å²) in [5, 5.41) is 0. The van der Waals surface area contributed by atoms with Crippen molar-refractivity contribution < 1.29 is 4.74 Å². The number of ether oxygens (including phenoxy) is 1. The van der Waals surface area contributed by atoms with E-state index in [1.807, 2.05) is 26.0 Å². The lowest BCUT2D eigenvalue weighted by molar-refractivity contribution is 0.270. The maximum atomic E-state index is 5.72. The number of benzene rings is 1. The van der Waals surface area contributed by atoms with Gasteiger partial charge < -0.3 is 10.5 Å². The first kappa shape index (κ1) is 14.0. The van der Waals surface area contributed by atoms with Gasteiger partial charge in [0.1, 0.15) is 5.75 Å². The number of rotatable bonds is 6. The van der Waals surface area contributed by atoms with Gasteiger partial charge in [0.25, 0.3) is 0 Å². The zero-order chi connectivity index (χ0) is 12.9. The highest BCUT2D eigenvalue weighted by Gasteiger charge is 2.21. The second-order valence-electron chi connectivity index (χ2n) is 4.85. The third-order valence-electron chi connectivity index (χ3n) is 2.97. The average Bonchev–Trinajstić information content (AvgIpc) is 2.29. The molecular weight excluding hydrogens is 230 g/mol. The topological polar surface area (TPSA) is 35.2 Å². The predicted octanol–water partition coefficient (Wildman–Crippen LogP) is 3.33. The van der Waals surface area contributed by atoms with Gasteiger partial charge in [-0.25, -0.2) is 0 Å². The van der Waals surface area contributed by atoms with Gasteiger partial charge in [0.05, 0.1) is 11.6 Å². The van der Waals surface area contributed by atoms with E-state index in [2.05, 4.69) is 19.1 Å². The van der Waals surface area contributed by atoms with E-state index in [4.69, 9.17) is 22.7 Å². The minimum atomic E-state index is -0.141. The highest BCUT2D eigenvalue weighted by atomic mass is 32.1. The molecule has 0 atom stereocenters. The number of hydrogen-bond acceptors (Lipinski definition) is 2. The molecule has 0 aromatic heterocycles. The molecule has 2 N–H and O–H groups in total. The first-order valence-corrected chi connectivity index (χ1v) is 6.38. The van der Waals surface area contributed by atoms with Crippen LogP contribution < -0.4 is 10.5 Å². The summed E-state index contributed by atoms with van der Waals surface area (Å²) < 4.78 is 5.72. The molecule has 0 aliphatic rings. The van der Waals surface area contributed by atoms with Crippen molar-refractivity contribution in [1.29, 1.82) is 0 Å². The van der Waals surface area contributed by atoms with Crippen LogP contribution in [0.4, 0.5) is 0 Å². The van der Waals surface area contributed by atoms with E-state index in [0.717, 1.165) is 18.6 Å². The summed E-state index contributed by atoms with van der Waals surface area (Å²) in [5.41, 5.74) is 6.82. The molecule has 0 unspecified atom stereocenters. The molecule has 2 nitrogen and oxygen atoms in total. The van der Waals surface area contributed by atoms with Crippen molar-refractivity contribution in [2.75, 3.05) is 6.61 Å². The van der Waals surface area contributed by atoms with Gasteiger partial charge in [-0.3, -0.25) is 0 Å². The van der Waals surface area contributed by atoms with Crippen LogP contribution in [0.15, 0.2) is 24.3 Å². The van der Waals surface area contributed by atoms with E-state index in [9.17, 15) is 0 Å². The second kappa shape index (κ2) is 6.01. The van der Waals surface area contributed by atoms with Gasteiger partial charge in [-0.15, -0.1) is 0 Å². The Morgan fingerprint density at radius 3 is 2.71 bits per heavy atom. The maximum absolute atomic E-state index is 5.72. The molecule has 0 saturated carbocycles. The van der Waals surface area contributed by atoms with Gasteiger partial charge >= 0.3 is 0 Å². The van der Waals surface area contributed by atoms with Crippen LogP contribution in [0.5, 0.6) is 5.75 Å². The van der Waals surface area contributed by atoms with Gasteiger partial charge in [0.2, 0.25) is 0 Å². The van der Waals surface area contributed by atoms with Crippen molar-refractivity contribution in [3.8, 4) is 5.75 Å². The summed E-state index contributed by atoms with van der Waals surface area (Å²) >= 11 is 5.02.